The fourth-order valence-corrected chi connectivity index (χ4v) is 6.80. The van der Waals surface area contributed by atoms with Crippen LogP contribution in [0.1, 0.15) is 29.0 Å². The number of aryl methyl sites for hydroxylation is 1. The smallest absolute Gasteiger partial charge is 0.246 e. The number of ether oxygens (including phenoxy) is 1. The average molecular weight is 509 g/mol. The van der Waals surface area contributed by atoms with Crippen molar-refractivity contribution in [2.75, 3.05) is 61.0 Å². The molecule has 3 fully saturated rings. The Balaban J connectivity index is 1.18. The van der Waals surface area contributed by atoms with Crippen LogP contribution in [0.3, 0.4) is 0 Å². The number of amides is 1. The van der Waals surface area contributed by atoms with Crippen molar-refractivity contribution in [3.63, 3.8) is 0 Å². The van der Waals surface area contributed by atoms with Gasteiger partial charge in [-0.25, -0.2) is 9.97 Å². The van der Waals surface area contributed by atoms with Crippen LogP contribution in [0.15, 0.2) is 31.1 Å². The summed E-state index contributed by atoms with van der Waals surface area (Å²) in [7, 11) is -0.743. The summed E-state index contributed by atoms with van der Waals surface area (Å²) in [5.74, 6) is 4.31. The van der Waals surface area contributed by atoms with Gasteiger partial charge in [-0.15, -0.1) is 0 Å². The number of benzene rings is 1. The number of anilines is 3. The van der Waals surface area contributed by atoms with E-state index in [0.29, 0.717) is 30.1 Å². The van der Waals surface area contributed by atoms with E-state index in [2.05, 4.69) is 50.7 Å². The Labute approximate surface area is 214 Å². The van der Waals surface area contributed by atoms with Crippen molar-refractivity contribution in [2.24, 2.45) is 0 Å². The minimum Gasteiger partial charge on any atom is -0.486 e. The monoisotopic (exact) mass is 508 g/mol. The third-order valence-corrected chi connectivity index (χ3v) is 9.13. The first-order valence-electron chi connectivity index (χ1n) is 12.6. The van der Waals surface area contributed by atoms with Gasteiger partial charge in [0.05, 0.1) is 11.3 Å². The first-order chi connectivity index (χ1) is 17.5. The van der Waals surface area contributed by atoms with E-state index >= 15 is 0 Å². The molecule has 10 heteroatoms. The van der Waals surface area contributed by atoms with Crippen molar-refractivity contribution >= 4 is 34.0 Å². The molecule has 190 valence electrons. The number of aromatic nitrogens is 2. The molecule has 0 saturated carbocycles. The van der Waals surface area contributed by atoms with Crippen LogP contribution < -0.4 is 15.0 Å². The second-order valence-corrected chi connectivity index (χ2v) is 11.8. The number of fused-ring (bicyclic) bond motifs is 2. The highest BCUT2D eigenvalue weighted by atomic mass is 32.2. The van der Waals surface area contributed by atoms with Crippen molar-refractivity contribution in [3.8, 4) is 5.75 Å². The Hall–Kier alpha value is -2.98. The molecular formula is C26H32N6O3S. The first-order valence-corrected chi connectivity index (χ1v) is 14.1. The summed E-state index contributed by atoms with van der Waals surface area (Å²) in [6.45, 7) is 11.2. The minimum atomic E-state index is -0.743. The first kappa shape index (κ1) is 23.4. The molecule has 4 aliphatic heterocycles. The summed E-state index contributed by atoms with van der Waals surface area (Å²) in [4.78, 5) is 27.6. The molecule has 4 aliphatic rings. The number of hydrogen-bond donors (Lipinski definition) is 1. The number of rotatable bonds is 4. The molecule has 1 unspecified atom stereocenters. The van der Waals surface area contributed by atoms with Crippen LogP contribution in [-0.4, -0.2) is 86.7 Å². The van der Waals surface area contributed by atoms with Gasteiger partial charge < -0.3 is 19.9 Å². The molecule has 0 spiro atoms. The highest BCUT2D eigenvalue weighted by Crippen LogP contribution is 2.41. The van der Waals surface area contributed by atoms with Gasteiger partial charge in [-0.2, -0.15) is 0 Å². The molecule has 5 heterocycles. The highest BCUT2D eigenvalue weighted by molar-refractivity contribution is 7.85. The van der Waals surface area contributed by atoms with Crippen molar-refractivity contribution in [3.05, 3.63) is 47.8 Å². The molecule has 36 heavy (non-hydrogen) atoms. The molecular weight excluding hydrogens is 476 g/mol. The molecule has 1 aromatic heterocycles. The number of hydrogen-bond acceptors (Lipinski definition) is 8. The molecule has 0 aliphatic carbocycles. The highest BCUT2D eigenvalue weighted by Gasteiger charge is 2.38. The van der Waals surface area contributed by atoms with E-state index < -0.39 is 10.8 Å². The molecule has 1 aromatic carbocycles. The second-order valence-electron chi connectivity index (χ2n) is 10.1. The summed E-state index contributed by atoms with van der Waals surface area (Å²) < 4.78 is 18.1. The third kappa shape index (κ3) is 4.26. The van der Waals surface area contributed by atoms with Crippen LogP contribution in [-0.2, 0) is 22.2 Å². The van der Waals surface area contributed by atoms with E-state index in [-0.39, 0.29) is 5.91 Å². The zero-order chi connectivity index (χ0) is 24.8. The number of carbonyl (C=O) groups is 1. The Morgan fingerprint density at radius 1 is 1.19 bits per heavy atom. The zero-order valence-electron chi connectivity index (χ0n) is 20.6. The summed E-state index contributed by atoms with van der Waals surface area (Å²) in [6, 6.07) is 4.88. The molecule has 1 N–H and O–H groups in total. The molecule has 3 saturated heterocycles. The molecule has 6 rings (SSSR count). The fourth-order valence-electron chi connectivity index (χ4n) is 5.75. The summed E-state index contributed by atoms with van der Waals surface area (Å²) in [5, 5.41) is 3.54. The van der Waals surface area contributed by atoms with Crippen LogP contribution >= 0.6 is 0 Å². The molecule has 9 nitrogen and oxygen atoms in total. The zero-order valence-corrected chi connectivity index (χ0v) is 21.4. The van der Waals surface area contributed by atoms with Crippen molar-refractivity contribution < 1.29 is 13.7 Å². The van der Waals surface area contributed by atoms with Gasteiger partial charge in [0.25, 0.3) is 0 Å². The number of nitrogens with one attached hydrogen (secondary N) is 1. The molecule has 1 atom stereocenters. The average Bonchev–Trinajstić information content (AvgIpc) is 3.24. The summed E-state index contributed by atoms with van der Waals surface area (Å²) >= 11 is 0. The lowest BCUT2D eigenvalue weighted by molar-refractivity contribution is -0.125. The molecule has 0 radical (unpaired) electrons. The normalized spacial score (nSPS) is 22.6. The van der Waals surface area contributed by atoms with Gasteiger partial charge in [0.1, 0.15) is 30.3 Å². The quantitative estimate of drug-likeness (QED) is 0.629. The lowest BCUT2D eigenvalue weighted by Gasteiger charge is -2.43. The molecule has 2 aromatic rings. The topological polar surface area (TPSA) is 90.9 Å². The molecule has 1 amide bonds. The second kappa shape index (κ2) is 9.48. The molecule has 0 bridgehead atoms. The van der Waals surface area contributed by atoms with Gasteiger partial charge in [0.2, 0.25) is 5.91 Å². The van der Waals surface area contributed by atoms with Crippen molar-refractivity contribution in [1.82, 2.24) is 19.8 Å². The fraction of sp³-hybridized carbons (Fsp3) is 0.500. The standard InChI is InChI=1S/C26H32N6O3S/c1-3-23(33)31-5-4-20(14-31)32-12-19(13-32)18-10-17(2)24-22(11-18)29-25-21(15-35-24)26(28-16-27-25)30-6-8-36(34)9-7-30/h3,10-11,16,19-20H,1,4-9,12-15H2,2H3,(H,27,28,29). The van der Waals surface area contributed by atoms with Gasteiger partial charge >= 0.3 is 0 Å². The summed E-state index contributed by atoms with van der Waals surface area (Å²) in [5.41, 5.74) is 4.28. The van der Waals surface area contributed by atoms with E-state index in [0.717, 1.165) is 79.9 Å². The van der Waals surface area contributed by atoms with Gasteiger partial charge in [-0.05, 0) is 36.6 Å². The van der Waals surface area contributed by atoms with Crippen LogP contribution in [0.2, 0.25) is 0 Å². The van der Waals surface area contributed by atoms with Crippen LogP contribution in [0.4, 0.5) is 17.3 Å². The lowest BCUT2D eigenvalue weighted by atomic mass is 9.88. The number of carbonyl (C=O) groups excluding carboxylic acids is 1. The largest absolute Gasteiger partial charge is 0.486 e. The Morgan fingerprint density at radius 2 is 2.00 bits per heavy atom. The maximum Gasteiger partial charge on any atom is 0.246 e. The van der Waals surface area contributed by atoms with E-state index in [9.17, 15) is 9.00 Å². The Morgan fingerprint density at radius 3 is 2.78 bits per heavy atom. The van der Waals surface area contributed by atoms with Gasteiger partial charge in [-0.3, -0.25) is 13.9 Å². The van der Waals surface area contributed by atoms with E-state index in [1.54, 1.807) is 6.33 Å². The van der Waals surface area contributed by atoms with Crippen LogP contribution in [0.5, 0.6) is 5.75 Å². The van der Waals surface area contributed by atoms with E-state index in [1.807, 2.05) is 4.90 Å². The van der Waals surface area contributed by atoms with E-state index in [4.69, 9.17) is 4.74 Å². The van der Waals surface area contributed by atoms with Crippen molar-refractivity contribution in [1.29, 1.82) is 0 Å². The van der Waals surface area contributed by atoms with E-state index in [1.165, 1.54) is 11.6 Å². The number of nitrogens with zero attached hydrogens (tertiary/aromatic N) is 5. The van der Waals surface area contributed by atoms with Gasteiger partial charge in [0.15, 0.2) is 0 Å². The predicted molar refractivity (Wildman–Crippen MR) is 140 cm³/mol. The van der Waals surface area contributed by atoms with Gasteiger partial charge in [-0.1, -0.05) is 12.6 Å². The van der Waals surface area contributed by atoms with Gasteiger partial charge in [0, 0.05) is 73.5 Å². The van der Waals surface area contributed by atoms with Crippen molar-refractivity contribution in [2.45, 2.75) is 31.9 Å². The Kier molecular flexibility index (Phi) is 6.17. The number of likely N-dealkylation sites (tertiary alicyclic amines) is 2. The maximum absolute atomic E-state index is 11.9. The SMILES string of the molecule is C=CC(=O)N1CCC(N2CC(c3cc(C)c4c(c3)Nc3ncnc(N5CCS(=O)CC5)c3CO4)C2)C1. The summed E-state index contributed by atoms with van der Waals surface area (Å²) in [6.07, 6.45) is 4.03. The third-order valence-electron chi connectivity index (χ3n) is 7.86. The lowest BCUT2D eigenvalue weighted by Crippen LogP contribution is -2.51. The predicted octanol–water partition coefficient (Wildman–Crippen LogP) is 2.18. The Bertz CT molecular complexity index is 1220. The minimum absolute atomic E-state index is 0.0320. The van der Waals surface area contributed by atoms with Crippen LogP contribution in [0, 0.1) is 6.92 Å². The van der Waals surface area contributed by atoms with Crippen LogP contribution in [0.25, 0.3) is 0 Å². The maximum atomic E-state index is 11.9.